The van der Waals surface area contributed by atoms with Gasteiger partial charge >= 0.3 is 0 Å². The third kappa shape index (κ3) is 2.95. The van der Waals surface area contributed by atoms with Gasteiger partial charge < -0.3 is 16.8 Å². The van der Waals surface area contributed by atoms with Gasteiger partial charge in [0.1, 0.15) is 5.82 Å². The zero-order valence-electron chi connectivity index (χ0n) is 9.78. The molecule has 6 heteroatoms. The highest BCUT2D eigenvalue weighted by Gasteiger charge is 2.11. The molecule has 2 aromatic carbocycles. The Bertz CT molecular complexity index is 646. The number of amides is 1. The molecule has 0 bridgehead atoms. The zero-order valence-corrected chi connectivity index (χ0v) is 10.5. The summed E-state index contributed by atoms with van der Waals surface area (Å²) in [4.78, 5) is 11.3. The molecule has 0 spiro atoms. The highest BCUT2D eigenvalue weighted by atomic mass is 35.5. The predicted molar refractivity (Wildman–Crippen MR) is 74.1 cm³/mol. The van der Waals surface area contributed by atoms with Crippen molar-refractivity contribution in [2.24, 2.45) is 5.73 Å². The van der Waals surface area contributed by atoms with E-state index >= 15 is 0 Å². The number of benzene rings is 2. The van der Waals surface area contributed by atoms with Gasteiger partial charge in [-0.3, -0.25) is 4.79 Å². The smallest absolute Gasteiger partial charge is 0.250 e. The Balaban J connectivity index is 2.43. The Morgan fingerprint density at radius 2 is 1.89 bits per heavy atom. The maximum Gasteiger partial charge on any atom is 0.250 e. The molecular weight excluding hydrogens is 269 g/mol. The van der Waals surface area contributed by atoms with Crippen molar-refractivity contribution in [3.8, 4) is 0 Å². The summed E-state index contributed by atoms with van der Waals surface area (Å²) in [6.07, 6.45) is 0. The Labute approximate surface area is 114 Å². The average molecular weight is 280 g/mol. The lowest BCUT2D eigenvalue weighted by atomic mass is 10.1. The molecule has 0 aromatic heterocycles. The van der Waals surface area contributed by atoms with E-state index < -0.39 is 11.7 Å². The van der Waals surface area contributed by atoms with Gasteiger partial charge in [0.25, 0.3) is 5.91 Å². The van der Waals surface area contributed by atoms with Crippen LogP contribution in [0.25, 0.3) is 0 Å². The maximum atomic E-state index is 13.6. The molecule has 0 heterocycles. The van der Waals surface area contributed by atoms with Crippen LogP contribution >= 0.6 is 11.6 Å². The SMILES string of the molecule is NC(=O)c1cc(N)ccc1Nc1cc(Cl)ccc1F. The molecule has 0 unspecified atom stereocenters. The third-order valence-electron chi connectivity index (χ3n) is 2.51. The Morgan fingerprint density at radius 3 is 2.58 bits per heavy atom. The predicted octanol–water partition coefficient (Wildman–Crippen LogP) is 2.90. The van der Waals surface area contributed by atoms with Crippen LogP contribution in [0.5, 0.6) is 0 Å². The van der Waals surface area contributed by atoms with Gasteiger partial charge in [-0.2, -0.15) is 0 Å². The van der Waals surface area contributed by atoms with E-state index in [0.717, 1.165) is 0 Å². The molecule has 0 saturated carbocycles. The first-order chi connectivity index (χ1) is 8.97. The Kier molecular flexibility index (Phi) is 3.57. The Hall–Kier alpha value is -2.27. The van der Waals surface area contributed by atoms with Crippen LogP contribution in [0.1, 0.15) is 10.4 Å². The van der Waals surface area contributed by atoms with Gasteiger partial charge in [0.05, 0.1) is 16.9 Å². The molecule has 0 atom stereocenters. The van der Waals surface area contributed by atoms with Crippen LogP contribution in [0.2, 0.25) is 5.02 Å². The Morgan fingerprint density at radius 1 is 1.16 bits per heavy atom. The highest BCUT2D eigenvalue weighted by Crippen LogP contribution is 2.26. The van der Waals surface area contributed by atoms with Crippen LogP contribution in [0.3, 0.4) is 0 Å². The summed E-state index contributed by atoms with van der Waals surface area (Å²) in [7, 11) is 0. The molecule has 2 rings (SSSR count). The van der Waals surface area contributed by atoms with E-state index in [1.54, 1.807) is 12.1 Å². The molecule has 0 radical (unpaired) electrons. The maximum absolute atomic E-state index is 13.6. The molecule has 2 aromatic rings. The monoisotopic (exact) mass is 279 g/mol. The van der Waals surface area contributed by atoms with Crippen molar-refractivity contribution in [1.29, 1.82) is 0 Å². The van der Waals surface area contributed by atoms with Crippen molar-refractivity contribution in [3.05, 3.63) is 52.8 Å². The normalized spacial score (nSPS) is 10.2. The van der Waals surface area contributed by atoms with E-state index in [-0.39, 0.29) is 11.3 Å². The van der Waals surface area contributed by atoms with E-state index in [4.69, 9.17) is 23.1 Å². The fraction of sp³-hybridized carbons (Fsp3) is 0. The van der Waals surface area contributed by atoms with Crippen LogP contribution < -0.4 is 16.8 Å². The second-order valence-corrected chi connectivity index (χ2v) is 4.35. The molecule has 0 fully saturated rings. The summed E-state index contributed by atoms with van der Waals surface area (Å²) < 4.78 is 13.6. The second-order valence-electron chi connectivity index (χ2n) is 3.92. The van der Waals surface area contributed by atoms with Crippen molar-refractivity contribution in [1.82, 2.24) is 0 Å². The highest BCUT2D eigenvalue weighted by molar-refractivity contribution is 6.30. The van der Waals surface area contributed by atoms with E-state index in [9.17, 15) is 9.18 Å². The van der Waals surface area contributed by atoms with Crippen LogP contribution in [0, 0.1) is 5.82 Å². The minimum absolute atomic E-state index is 0.153. The molecule has 0 aliphatic rings. The summed E-state index contributed by atoms with van der Waals surface area (Å²) in [6.45, 7) is 0. The van der Waals surface area contributed by atoms with Gasteiger partial charge in [0, 0.05) is 10.7 Å². The first kappa shape index (κ1) is 13.2. The van der Waals surface area contributed by atoms with E-state index in [1.165, 1.54) is 24.3 Å². The number of rotatable bonds is 3. The fourth-order valence-corrected chi connectivity index (χ4v) is 1.79. The van der Waals surface area contributed by atoms with Gasteiger partial charge in [-0.05, 0) is 36.4 Å². The quantitative estimate of drug-likeness (QED) is 0.756. The van der Waals surface area contributed by atoms with Crippen molar-refractivity contribution in [2.75, 3.05) is 11.1 Å². The van der Waals surface area contributed by atoms with Crippen LogP contribution in [-0.2, 0) is 0 Å². The summed E-state index contributed by atoms with van der Waals surface area (Å²) in [6, 6.07) is 8.63. The van der Waals surface area contributed by atoms with Gasteiger partial charge in [-0.25, -0.2) is 4.39 Å². The number of nitrogens with one attached hydrogen (secondary N) is 1. The summed E-state index contributed by atoms with van der Waals surface area (Å²) >= 11 is 5.79. The second kappa shape index (κ2) is 5.16. The number of hydrogen-bond acceptors (Lipinski definition) is 3. The average Bonchev–Trinajstić information content (AvgIpc) is 2.35. The molecule has 1 amide bonds. The molecule has 19 heavy (non-hydrogen) atoms. The van der Waals surface area contributed by atoms with Gasteiger partial charge in [-0.1, -0.05) is 11.6 Å². The van der Waals surface area contributed by atoms with Gasteiger partial charge in [0.2, 0.25) is 0 Å². The molecule has 0 saturated heterocycles. The zero-order chi connectivity index (χ0) is 14.0. The summed E-state index contributed by atoms with van der Waals surface area (Å²) in [5.41, 5.74) is 11.9. The van der Waals surface area contributed by atoms with Crippen LogP contribution in [-0.4, -0.2) is 5.91 Å². The lowest BCUT2D eigenvalue weighted by molar-refractivity contribution is 0.100. The molecular formula is C13H11ClFN3O. The number of halogens is 2. The molecule has 0 aliphatic carbocycles. The number of anilines is 3. The van der Waals surface area contributed by atoms with Crippen molar-refractivity contribution in [3.63, 3.8) is 0 Å². The minimum Gasteiger partial charge on any atom is -0.399 e. The van der Waals surface area contributed by atoms with Crippen LogP contribution in [0.15, 0.2) is 36.4 Å². The fourth-order valence-electron chi connectivity index (χ4n) is 1.61. The minimum atomic E-state index is -0.655. The van der Waals surface area contributed by atoms with Crippen molar-refractivity contribution >= 4 is 34.6 Å². The third-order valence-corrected chi connectivity index (χ3v) is 2.74. The molecule has 5 N–H and O–H groups in total. The van der Waals surface area contributed by atoms with Gasteiger partial charge in [-0.15, -0.1) is 0 Å². The van der Waals surface area contributed by atoms with Crippen molar-refractivity contribution < 1.29 is 9.18 Å². The summed E-state index contributed by atoms with van der Waals surface area (Å²) in [5, 5.41) is 3.15. The number of primary amides is 1. The molecule has 98 valence electrons. The number of carbonyl (C=O) groups excluding carboxylic acids is 1. The number of nitrogen functional groups attached to an aromatic ring is 1. The lowest BCUT2D eigenvalue weighted by Crippen LogP contribution is -2.14. The number of hydrogen-bond donors (Lipinski definition) is 3. The first-order valence-electron chi connectivity index (χ1n) is 5.39. The molecule has 0 aliphatic heterocycles. The number of carbonyl (C=O) groups is 1. The van der Waals surface area contributed by atoms with Crippen LogP contribution in [0.4, 0.5) is 21.5 Å². The van der Waals surface area contributed by atoms with E-state index in [0.29, 0.717) is 16.4 Å². The number of nitrogens with two attached hydrogens (primary N) is 2. The van der Waals surface area contributed by atoms with E-state index in [2.05, 4.69) is 5.32 Å². The van der Waals surface area contributed by atoms with Crippen molar-refractivity contribution in [2.45, 2.75) is 0 Å². The topological polar surface area (TPSA) is 81.1 Å². The van der Waals surface area contributed by atoms with Gasteiger partial charge in [0.15, 0.2) is 0 Å². The first-order valence-corrected chi connectivity index (χ1v) is 5.76. The summed E-state index contributed by atoms with van der Waals surface area (Å²) in [5.74, 6) is -1.14. The largest absolute Gasteiger partial charge is 0.399 e. The molecule has 4 nitrogen and oxygen atoms in total. The van der Waals surface area contributed by atoms with E-state index in [1.807, 2.05) is 0 Å². The lowest BCUT2D eigenvalue weighted by Gasteiger charge is -2.11. The standard InChI is InChI=1S/C13H11ClFN3O/c14-7-1-3-10(15)12(5-7)18-11-4-2-8(16)6-9(11)13(17)19/h1-6,18H,16H2,(H2,17,19).